The lowest BCUT2D eigenvalue weighted by molar-refractivity contribution is -0.267. The second kappa shape index (κ2) is 30.9. The van der Waals surface area contributed by atoms with E-state index in [-0.39, 0.29) is 92.1 Å². The van der Waals surface area contributed by atoms with E-state index in [9.17, 15) is 54.3 Å². The van der Waals surface area contributed by atoms with Gasteiger partial charge in [0.1, 0.15) is 41.5 Å². The highest BCUT2D eigenvalue weighted by atomic mass is 16.5. The molecule has 2 saturated heterocycles. The highest BCUT2D eigenvalue weighted by Crippen LogP contribution is 2.46. The zero-order valence-corrected chi connectivity index (χ0v) is 47.7. The van der Waals surface area contributed by atoms with Gasteiger partial charge in [-0.15, -0.1) is 0 Å². The smallest absolute Gasteiger partial charge is 0.323 e. The summed E-state index contributed by atoms with van der Waals surface area (Å²) in [5, 5.41) is 67.3. The lowest BCUT2D eigenvalue weighted by atomic mass is 9.69. The molecular formula is C60H93N5O13. The van der Waals surface area contributed by atoms with Gasteiger partial charge in [-0.1, -0.05) is 110 Å². The molecule has 1 aromatic rings. The van der Waals surface area contributed by atoms with Crippen molar-refractivity contribution in [3.05, 3.63) is 77.9 Å². The Morgan fingerprint density at radius 2 is 1.65 bits per heavy atom. The van der Waals surface area contributed by atoms with Crippen LogP contribution in [0.3, 0.4) is 0 Å². The van der Waals surface area contributed by atoms with E-state index in [4.69, 9.17) is 15.2 Å². The summed E-state index contributed by atoms with van der Waals surface area (Å²) in [4.78, 5) is 80.6. The second-order valence-electron chi connectivity index (χ2n) is 22.9. The summed E-state index contributed by atoms with van der Waals surface area (Å²) in [5.74, 6) is -6.37. The number of hydrogen-bond acceptors (Lipinski definition) is 14. The summed E-state index contributed by atoms with van der Waals surface area (Å²) in [6.07, 6.45) is 10.2. The fourth-order valence-corrected chi connectivity index (χ4v) is 10.8. The molecule has 0 radical (unpaired) electrons. The van der Waals surface area contributed by atoms with Crippen molar-refractivity contribution >= 4 is 35.4 Å². The molecule has 3 aliphatic heterocycles. The van der Waals surface area contributed by atoms with E-state index in [0.29, 0.717) is 36.8 Å². The number of carbonyl (C=O) groups is 6. The van der Waals surface area contributed by atoms with Crippen LogP contribution in [-0.4, -0.2) is 128 Å². The minimum absolute atomic E-state index is 0.0233. The Hall–Kier alpha value is -5.24. The number of cyclic esters (lactones) is 1. The second-order valence-corrected chi connectivity index (χ2v) is 22.9. The Kier molecular flexibility index (Phi) is 25.9. The highest BCUT2D eigenvalue weighted by Gasteiger charge is 2.57. The zero-order valence-electron chi connectivity index (χ0n) is 47.7. The largest absolute Gasteiger partial charge is 0.508 e. The van der Waals surface area contributed by atoms with Crippen LogP contribution in [0.4, 0.5) is 0 Å². The molecule has 2 fully saturated rings. The average Bonchev–Trinajstić information content (AvgIpc) is 3.40. The van der Waals surface area contributed by atoms with Crippen LogP contribution in [0, 0.1) is 47.3 Å². The fourth-order valence-electron chi connectivity index (χ4n) is 10.8. The molecule has 4 rings (SSSR count). The van der Waals surface area contributed by atoms with Crippen molar-refractivity contribution in [2.45, 2.75) is 200 Å². The standard InChI is InChI=1S/C60H93N5O13/c1-11-43-30-37(6)60(65-55(43)72)41(10)53(70)40(9)51(78-60)33-49(69)35(4)20-14-12-15-21-36(5)50-26-17-13-16-25-48(68)39(8)54(71)45(28-27-38(7)66)56(73)64-52(34(2)3)58(75)63-47(32-42-22-18-23-44(67)31-42)57(74)62-29-19-24-46(61)59(76)77-50/h12-13,15-18,21-23,25,31,34-35,37,39-41,43,45-54,67-71H,11,14,19-20,24,26-30,32-33,61H2,1-10H3,(H,62,74)(H,63,75)(H,64,73)(H,65,72)/b15-12+,17-13+,25-16+,36-21+/t35-,37-,39-,40-,41-,43-,45+,46-,47-,48-,49-,50-,51-,52-,53-,54+,60+/m0/s1. The van der Waals surface area contributed by atoms with E-state index < -0.39 is 102 Å². The van der Waals surface area contributed by atoms with Gasteiger partial charge in [0, 0.05) is 61.8 Å². The van der Waals surface area contributed by atoms with E-state index >= 15 is 0 Å². The van der Waals surface area contributed by atoms with Gasteiger partial charge in [-0.2, -0.15) is 0 Å². The summed E-state index contributed by atoms with van der Waals surface area (Å²) in [5.41, 5.74) is 6.60. The first-order chi connectivity index (χ1) is 36.8. The Morgan fingerprint density at radius 3 is 2.32 bits per heavy atom. The summed E-state index contributed by atoms with van der Waals surface area (Å²) in [6, 6.07) is 2.85. The van der Waals surface area contributed by atoms with Crippen LogP contribution in [0.25, 0.3) is 0 Å². The molecular weight excluding hydrogens is 999 g/mol. The van der Waals surface area contributed by atoms with Crippen LogP contribution < -0.4 is 27.0 Å². The van der Waals surface area contributed by atoms with E-state index in [1.54, 1.807) is 51.1 Å². The van der Waals surface area contributed by atoms with Gasteiger partial charge in [0.2, 0.25) is 23.6 Å². The molecule has 4 amide bonds. The predicted octanol–water partition coefficient (Wildman–Crippen LogP) is 5.14. The maximum Gasteiger partial charge on any atom is 0.323 e. The number of aliphatic hydroxyl groups excluding tert-OH is 4. The number of rotatable bonds is 15. The van der Waals surface area contributed by atoms with Gasteiger partial charge < -0.3 is 66.8 Å². The molecule has 1 spiro atoms. The molecule has 18 heteroatoms. The number of esters is 1. The van der Waals surface area contributed by atoms with Gasteiger partial charge in [0.05, 0.1) is 36.4 Å². The Morgan fingerprint density at radius 1 is 0.936 bits per heavy atom. The summed E-state index contributed by atoms with van der Waals surface area (Å²) in [6.45, 7) is 18.1. The molecule has 17 atom stereocenters. The van der Waals surface area contributed by atoms with Crippen molar-refractivity contribution in [3.63, 3.8) is 0 Å². The first kappa shape index (κ1) is 65.3. The van der Waals surface area contributed by atoms with Gasteiger partial charge >= 0.3 is 5.97 Å². The number of piperidine rings is 1. The topological polar surface area (TPSA) is 296 Å². The Bertz CT molecular complexity index is 2280. The van der Waals surface area contributed by atoms with Crippen molar-refractivity contribution in [2.75, 3.05) is 6.54 Å². The third kappa shape index (κ3) is 18.4. The van der Waals surface area contributed by atoms with E-state index in [2.05, 4.69) is 28.2 Å². The van der Waals surface area contributed by atoms with Crippen molar-refractivity contribution < 1.29 is 63.8 Å². The molecule has 11 N–H and O–H groups in total. The van der Waals surface area contributed by atoms with Gasteiger partial charge in [0.15, 0.2) is 0 Å². The van der Waals surface area contributed by atoms with Gasteiger partial charge in [0.25, 0.3) is 0 Å². The van der Waals surface area contributed by atoms with E-state index in [1.807, 2.05) is 52.8 Å². The third-order valence-electron chi connectivity index (χ3n) is 16.5. The maximum absolute atomic E-state index is 14.0. The first-order valence-electron chi connectivity index (χ1n) is 28.3. The molecule has 0 aliphatic carbocycles. The summed E-state index contributed by atoms with van der Waals surface area (Å²) in [7, 11) is 0. The van der Waals surface area contributed by atoms with Crippen molar-refractivity contribution in [2.24, 2.45) is 53.1 Å². The number of allylic oxidation sites excluding steroid dienone is 5. The third-order valence-corrected chi connectivity index (χ3v) is 16.5. The molecule has 78 heavy (non-hydrogen) atoms. The number of aromatic hydroxyl groups is 1. The van der Waals surface area contributed by atoms with Crippen molar-refractivity contribution in [3.8, 4) is 5.75 Å². The average molecular weight is 1090 g/mol. The number of nitrogens with two attached hydrogens (primary N) is 1. The minimum Gasteiger partial charge on any atom is -0.508 e. The molecule has 436 valence electrons. The van der Waals surface area contributed by atoms with Crippen LogP contribution >= 0.6 is 0 Å². The van der Waals surface area contributed by atoms with Crippen LogP contribution in [0.15, 0.2) is 72.4 Å². The zero-order chi connectivity index (χ0) is 58.0. The number of aliphatic hydroxyl groups is 4. The first-order valence-corrected chi connectivity index (χ1v) is 28.3. The number of nitrogens with one attached hydrogen (secondary N) is 4. The normalized spacial score (nSPS) is 34.4. The van der Waals surface area contributed by atoms with Gasteiger partial charge in [-0.05, 0) is 93.9 Å². The van der Waals surface area contributed by atoms with Crippen LogP contribution in [-0.2, 0) is 44.7 Å². The molecule has 3 aliphatic rings. The lowest BCUT2D eigenvalue weighted by Crippen LogP contribution is -2.71. The Labute approximate surface area is 462 Å². The van der Waals surface area contributed by atoms with Crippen molar-refractivity contribution in [1.29, 1.82) is 0 Å². The van der Waals surface area contributed by atoms with Crippen molar-refractivity contribution in [1.82, 2.24) is 21.3 Å². The lowest BCUT2D eigenvalue weighted by Gasteiger charge is -2.56. The molecule has 1 aromatic carbocycles. The fraction of sp³-hybridized carbons (Fsp3) is 0.667. The number of carbonyl (C=O) groups excluding carboxylic acids is 6. The predicted molar refractivity (Wildman–Crippen MR) is 298 cm³/mol. The number of ether oxygens (including phenoxy) is 2. The van der Waals surface area contributed by atoms with Gasteiger partial charge in [-0.3, -0.25) is 24.0 Å². The number of hydrogen-bond donors (Lipinski definition) is 10. The van der Waals surface area contributed by atoms with Crippen LogP contribution in [0.5, 0.6) is 5.75 Å². The number of ketones is 1. The molecule has 18 nitrogen and oxygen atoms in total. The van der Waals surface area contributed by atoms with E-state index in [1.165, 1.54) is 25.1 Å². The molecule has 3 heterocycles. The summed E-state index contributed by atoms with van der Waals surface area (Å²) < 4.78 is 12.7. The van der Waals surface area contributed by atoms with Crippen LogP contribution in [0.2, 0.25) is 0 Å². The number of Topliss-reactive ketones (excluding diaryl/α,β-unsaturated/α-hetero) is 1. The van der Waals surface area contributed by atoms with Crippen LogP contribution in [0.1, 0.15) is 139 Å². The highest BCUT2D eigenvalue weighted by molar-refractivity contribution is 5.93. The number of benzene rings is 1. The quantitative estimate of drug-likeness (QED) is 0.0805. The van der Waals surface area contributed by atoms with Gasteiger partial charge in [-0.25, -0.2) is 0 Å². The minimum atomic E-state index is -1.45. The monoisotopic (exact) mass is 1090 g/mol. The Balaban J connectivity index is 1.51. The number of phenols is 1. The molecule has 0 saturated carbocycles. The number of amides is 4. The number of phenolic OH excluding ortho intramolecular Hbond substituents is 1. The molecule has 0 aromatic heterocycles. The van der Waals surface area contributed by atoms with E-state index in [0.717, 1.165) is 6.42 Å². The SMILES string of the molecule is CC[C@H]1C[C@H](C)[C@@]2(NC1=O)O[C@@H](C[C@H](O)[C@@H](C)CC/C=C/C=C(\C)[C@@H]1C/C=C/C=C/[C@H](O)[C@H](C)[C@@H](O)[C@@H](CCC(C)=O)C(=O)N[C@@H](C(C)C)C(=O)N[C@@H](Cc3cccc(O)c3)C(=O)NCCC[C@H](N)C(=O)O1)[C@H](C)[C@H](O)[C@@H]2C. The molecule has 0 unspecified atom stereocenters. The molecule has 0 bridgehead atoms. The maximum atomic E-state index is 14.0. The summed E-state index contributed by atoms with van der Waals surface area (Å²) >= 11 is 0.